The third-order valence-electron chi connectivity index (χ3n) is 3.18. The summed E-state index contributed by atoms with van der Waals surface area (Å²) in [4.78, 5) is 24.2. The van der Waals surface area contributed by atoms with Crippen LogP contribution in [0.5, 0.6) is 0 Å². The Balaban J connectivity index is 2.59. The topological polar surface area (TPSA) is 76.1 Å². The first-order valence-corrected chi connectivity index (χ1v) is 6.62. The van der Waals surface area contributed by atoms with Crippen LogP contribution in [0.2, 0.25) is 0 Å². The minimum Gasteiger partial charge on any atom is -0.481 e. The molecular formula is C14H21NO5. The molecule has 0 aromatic carbocycles. The number of rotatable bonds is 6. The first-order valence-electron chi connectivity index (χ1n) is 6.62. The largest absolute Gasteiger partial charge is 0.481 e. The molecule has 0 spiro atoms. The van der Waals surface area contributed by atoms with E-state index in [-0.39, 0.29) is 31.0 Å². The van der Waals surface area contributed by atoms with Crippen LogP contribution < -0.4 is 0 Å². The second-order valence-corrected chi connectivity index (χ2v) is 4.59. The predicted molar refractivity (Wildman–Crippen MR) is 72.1 cm³/mol. The van der Waals surface area contributed by atoms with Crippen LogP contribution in [0.25, 0.3) is 0 Å². The summed E-state index contributed by atoms with van der Waals surface area (Å²) >= 11 is 0. The highest BCUT2D eigenvalue weighted by atomic mass is 16.5. The average molecular weight is 283 g/mol. The predicted octanol–water partition coefficient (Wildman–Crippen LogP) is 0.507. The zero-order chi connectivity index (χ0) is 15.0. The molecule has 0 aromatic rings. The van der Waals surface area contributed by atoms with Gasteiger partial charge in [0.05, 0.1) is 6.54 Å². The van der Waals surface area contributed by atoms with Crippen molar-refractivity contribution in [2.45, 2.75) is 37.9 Å². The van der Waals surface area contributed by atoms with Crippen molar-refractivity contribution in [3.8, 4) is 11.8 Å². The van der Waals surface area contributed by atoms with Gasteiger partial charge in [-0.25, -0.2) is 0 Å². The monoisotopic (exact) mass is 283 g/mol. The van der Waals surface area contributed by atoms with Gasteiger partial charge in [-0.15, -0.1) is 0 Å². The van der Waals surface area contributed by atoms with E-state index < -0.39 is 5.97 Å². The molecule has 1 aliphatic rings. The van der Waals surface area contributed by atoms with Crippen molar-refractivity contribution in [3.63, 3.8) is 0 Å². The summed E-state index contributed by atoms with van der Waals surface area (Å²) in [5.74, 6) is 5.00. The fraction of sp³-hybridized carbons (Fsp3) is 0.714. The second-order valence-electron chi connectivity index (χ2n) is 4.59. The molecule has 0 saturated carbocycles. The number of hydrogen-bond donors (Lipinski definition) is 1. The normalized spacial score (nSPS) is 22.4. The van der Waals surface area contributed by atoms with Crippen LogP contribution in [-0.4, -0.2) is 61.4 Å². The second kappa shape index (κ2) is 8.56. The highest BCUT2D eigenvalue weighted by Crippen LogP contribution is 2.10. The van der Waals surface area contributed by atoms with E-state index in [1.54, 1.807) is 19.1 Å². The number of amides is 1. The van der Waals surface area contributed by atoms with Crippen molar-refractivity contribution >= 4 is 11.9 Å². The van der Waals surface area contributed by atoms with Gasteiger partial charge in [0.25, 0.3) is 0 Å². The zero-order valence-electron chi connectivity index (χ0n) is 11.9. The van der Waals surface area contributed by atoms with Gasteiger partial charge in [-0.1, -0.05) is 11.8 Å². The van der Waals surface area contributed by atoms with Crippen molar-refractivity contribution in [1.82, 2.24) is 4.90 Å². The SMILES string of the molecule is COC1C#CCCN(C(=O)CCCC(=O)O)C[C@@H]1OC. The molecule has 1 unspecified atom stereocenters. The maximum Gasteiger partial charge on any atom is 0.303 e. The summed E-state index contributed by atoms with van der Waals surface area (Å²) < 4.78 is 10.6. The van der Waals surface area contributed by atoms with Crippen LogP contribution in [0.15, 0.2) is 0 Å². The van der Waals surface area contributed by atoms with E-state index in [0.717, 1.165) is 0 Å². The van der Waals surface area contributed by atoms with E-state index in [0.29, 0.717) is 25.9 Å². The van der Waals surface area contributed by atoms with Crippen molar-refractivity contribution in [1.29, 1.82) is 0 Å². The van der Waals surface area contributed by atoms with Gasteiger partial charge in [-0.2, -0.15) is 0 Å². The Kier molecular flexibility index (Phi) is 7.05. The molecular weight excluding hydrogens is 262 g/mol. The van der Waals surface area contributed by atoms with Crippen molar-refractivity contribution in [3.05, 3.63) is 0 Å². The molecule has 112 valence electrons. The fourth-order valence-corrected chi connectivity index (χ4v) is 2.05. The van der Waals surface area contributed by atoms with Gasteiger partial charge in [0.15, 0.2) is 0 Å². The lowest BCUT2D eigenvalue weighted by Gasteiger charge is -2.30. The maximum atomic E-state index is 12.1. The smallest absolute Gasteiger partial charge is 0.303 e. The number of carboxylic acid groups (broad SMARTS) is 1. The Morgan fingerprint density at radius 3 is 2.65 bits per heavy atom. The van der Waals surface area contributed by atoms with Crippen molar-refractivity contribution in [2.75, 3.05) is 27.3 Å². The average Bonchev–Trinajstić information content (AvgIpc) is 2.38. The molecule has 0 radical (unpaired) electrons. The summed E-state index contributed by atoms with van der Waals surface area (Å²) in [7, 11) is 3.12. The van der Waals surface area contributed by atoms with Crippen LogP contribution in [0, 0.1) is 11.8 Å². The molecule has 0 aromatic heterocycles. The molecule has 0 saturated heterocycles. The van der Waals surface area contributed by atoms with Gasteiger partial charge in [-0.3, -0.25) is 9.59 Å². The molecule has 1 amide bonds. The molecule has 1 rings (SSSR count). The first kappa shape index (κ1) is 16.5. The molecule has 6 nitrogen and oxygen atoms in total. The Hall–Kier alpha value is -1.58. The number of nitrogens with zero attached hydrogens (tertiary/aromatic N) is 1. The summed E-state index contributed by atoms with van der Waals surface area (Å²) in [6, 6.07) is 0. The number of ether oxygens (including phenoxy) is 2. The number of methoxy groups -OCH3 is 2. The fourth-order valence-electron chi connectivity index (χ4n) is 2.05. The van der Waals surface area contributed by atoms with Gasteiger partial charge in [0.1, 0.15) is 12.2 Å². The molecule has 6 heteroatoms. The number of carbonyl (C=O) groups excluding carboxylic acids is 1. The third kappa shape index (κ3) is 5.19. The number of carboxylic acids is 1. The number of carbonyl (C=O) groups is 2. The highest BCUT2D eigenvalue weighted by Gasteiger charge is 2.25. The third-order valence-corrected chi connectivity index (χ3v) is 3.18. The van der Waals surface area contributed by atoms with Gasteiger partial charge < -0.3 is 19.5 Å². The van der Waals surface area contributed by atoms with E-state index in [2.05, 4.69) is 11.8 Å². The summed E-state index contributed by atoms with van der Waals surface area (Å²) in [5.41, 5.74) is 0. The number of aliphatic carboxylic acids is 1. The van der Waals surface area contributed by atoms with E-state index in [9.17, 15) is 9.59 Å². The zero-order valence-corrected chi connectivity index (χ0v) is 11.9. The standard InChI is InChI=1S/C14H21NO5/c1-19-11-6-3-4-9-15(10-12(11)20-2)13(16)7-5-8-14(17)18/h11-12H,4-5,7-10H2,1-2H3,(H,17,18)/t11?,12-/m0/s1. The number of hydrogen-bond acceptors (Lipinski definition) is 4. The van der Waals surface area contributed by atoms with E-state index in [1.807, 2.05) is 0 Å². The molecule has 20 heavy (non-hydrogen) atoms. The van der Waals surface area contributed by atoms with Crippen LogP contribution in [0.4, 0.5) is 0 Å². The lowest BCUT2D eigenvalue weighted by molar-refractivity contribution is -0.137. The van der Waals surface area contributed by atoms with Gasteiger partial charge >= 0.3 is 5.97 Å². The molecule has 1 aliphatic heterocycles. The van der Waals surface area contributed by atoms with E-state index in [4.69, 9.17) is 14.6 Å². The lowest BCUT2D eigenvalue weighted by Crippen LogP contribution is -2.44. The van der Waals surface area contributed by atoms with Crippen molar-refractivity contribution < 1.29 is 24.2 Å². The van der Waals surface area contributed by atoms with Crippen molar-refractivity contribution in [2.24, 2.45) is 0 Å². The lowest BCUT2D eigenvalue weighted by atomic mass is 10.1. The Bertz CT molecular complexity index is 398. The summed E-state index contributed by atoms with van der Waals surface area (Å²) in [6.07, 6.45) is 0.524. The quantitative estimate of drug-likeness (QED) is 0.719. The van der Waals surface area contributed by atoms with Crippen LogP contribution >= 0.6 is 0 Å². The minimum absolute atomic E-state index is 0.00773. The van der Waals surface area contributed by atoms with Gasteiger partial charge in [0.2, 0.25) is 5.91 Å². The Labute approximate surface area is 119 Å². The van der Waals surface area contributed by atoms with Gasteiger partial charge in [0, 0.05) is 40.0 Å². The molecule has 0 bridgehead atoms. The van der Waals surface area contributed by atoms with E-state index in [1.165, 1.54) is 0 Å². The molecule has 1 N–H and O–H groups in total. The maximum absolute atomic E-state index is 12.1. The summed E-state index contributed by atoms with van der Waals surface area (Å²) in [5, 5.41) is 8.59. The van der Waals surface area contributed by atoms with E-state index >= 15 is 0 Å². The Morgan fingerprint density at radius 2 is 2.05 bits per heavy atom. The van der Waals surface area contributed by atoms with Crippen LogP contribution in [0.1, 0.15) is 25.7 Å². The van der Waals surface area contributed by atoms with Crippen LogP contribution in [-0.2, 0) is 19.1 Å². The molecule has 0 aliphatic carbocycles. The molecule has 1 heterocycles. The Morgan fingerprint density at radius 1 is 1.30 bits per heavy atom. The molecule has 0 fully saturated rings. The first-order chi connectivity index (χ1) is 9.58. The molecule has 2 atom stereocenters. The van der Waals surface area contributed by atoms with Crippen LogP contribution in [0.3, 0.4) is 0 Å². The van der Waals surface area contributed by atoms with Gasteiger partial charge in [-0.05, 0) is 6.42 Å². The summed E-state index contributed by atoms with van der Waals surface area (Å²) in [6.45, 7) is 0.949. The minimum atomic E-state index is -0.884. The highest BCUT2D eigenvalue weighted by molar-refractivity contribution is 5.77.